The molecule has 172 valence electrons. The zero-order valence-electron chi connectivity index (χ0n) is 18.3. The van der Waals surface area contributed by atoms with Gasteiger partial charge in [0.05, 0.1) is 5.02 Å². The van der Waals surface area contributed by atoms with Gasteiger partial charge in [-0.2, -0.15) is 0 Å². The van der Waals surface area contributed by atoms with Crippen molar-refractivity contribution in [2.45, 2.75) is 44.8 Å². The van der Waals surface area contributed by atoms with E-state index in [1.807, 2.05) is 0 Å². The van der Waals surface area contributed by atoms with Crippen molar-refractivity contribution in [3.63, 3.8) is 0 Å². The number of halogens is 2. The van der Waals surface area contributed by atoms with Gasteiger partial charge in [0.2, 0.25) is 0 Å². The molecule has 0 radical (unpaired) electrons. The zero-order chi connectivity index (χ0) is 23.3. The second-order valence-electron chi connectivity index (χ2n) is 8.93. The van der Waals surface area contributed by atoms with Crippen LogP contribution in [-0.2, 0) is 17.6 Å². The summed E-state index contributed by atoms with van der Waals surface area (Å²) in [5.74, 6) is -0.141. The van der Waals surface area contributed by atoms with E-state index in [0.717, 1.165) is 25.3 Å². The predicted molar refractivity (Wildman–Crippen MR) is 129 cm³/mol. The maximum Gasteiger partial charge on any atom is 0.328 e. The van der Waals surface area contributed by atoms with Gasteiger partial charge in [-0.05, 0) is 73.9 Å². The molecule has 5 nitrogen and oxygen atoms in total. The number of benzene rings is 2. The molecule has 7 heteroatoms. The number of fused-ring (bicyclic) bond motifs is 1. The lowest BCUT2D eigenvalue weighted by molar-refractivity contribution is -0.131. The van der Waals surface area contributed by atoms with Crippen molar-refractivity contribution >= 4 is 35.2 Å². The third-order valence-electron chi connectivity index (χ3n) is 5.66. The molecule has 3 rings (SSSR count). The molecule has 0 bridgehead atoms. The van der Waals surface area contributed by atoms with Gasteiger partial charge < -0.3 is 20.3 Å². The third-order valence-corrected chi connectivity index (χ3v) is 6.54. The van der Waals surface area contributed by atoms with E-state index in [9.17, 15) is 9.90 Å². The largest absolute Gasteiger partial charge is 0.489 e. The van der Waals surface area contributed by atoms with Gasteiger partial charge in [0.25, 0.3) is 0 Å². The second-order valence-corrected chi connectivity index (χ2v) is 9.69. The van der Waals surface area contributed by atoms with Crippen LogP contribution < -0.4 is 10.1 Å². The van der Waals surface area contributed by atoms with Gasteiger partial charge in [0.15, 0.2) is 0 Å². The monoisotopic (exact) mass is 477 g/mol. The van der Waals surface area contributed by atoms with Crippen LogP contribution in [0.2, 0.25) is 10.0 Å². The molecule has 2 aromatic carbocycles. The van der Waals surface area contributed by atoms with Crippen LogP contribution in [0.15, 0.2) is 42.5 Å². The van der Waals surface area contributed by atoms with Crippen LogP contribution in [0.1, 0.15) is 37.0 Å². The van der Waals surface area contributed by atoms with Crippen molar-refractivity contribution in [3.05, 3.63) is 69.2 Å². The van der Waals surface area contributed by atoms with Crippen molar-refractivity contribution in [1.29, 1.82) is 0 Å². The number of hydrogen-bond donors (Lipinski definition) is 3. The molecule has 3 N–H and O–H groups in total. The fourth-order valence-corrected chi connectivity index (χ4v) is 4.62. The second kappa shape index (κ2) is 10.7. The number of aliphatic hydroxyl groups excluding tert-OH is 1. The van der Waals surface area contributed by atoms with Gasteiger partial charge in [0, 0.05) is 18.2 Å². The van der Waals surface area contributed by atoms with Gasteiger partial charge >= 0.3 is 5.97 Å². The summed E-state index contributed by atoms with van der Waals surface area (Å²) in [7, 11) is 0. The minimum atomic E-state index is -1.08. The summed E-state index contributed by atoms with van der Waals surface area (Å²) < 4.78 is 5.65. The molecule has 0 saturated carbocycles. The van der Waals surface area contributed by atoms with Crippen molar-refractivity contribution in [1.82, 2.24) is 5.32 Å². The van der Waals surface area contributed by atoms with E-state index in [4.69, 9.17) is 33.0 Å². The molecule has 2 aromatic rings. The number of aliphatic carboxylic acids is 1. The fraction of sp³-hybridized carbons (Fsp3) is 0.400. The third kappa shape index (κ3) is 6.72. The number of β-amino-alcohol motifs (C(OH)–C–C–N with tert-alkyl or cyclic N) is 1. The van der Waals surface area contributed by atoms with Crippen LogP contribution in [0.25, 0.3) is 6.08 Å². The summed E-state index contributed by atoms with van der Waals surface area (Å²) in [6, 6.07) is 11.8. The lowest BCUT2D eigenvalue weighted by Crippen LogP contribution is -2.46. The molecular formula is C25H29Cl2NO4. The van der Waals surface area contributed by atoms with Gasteiger partial charge in [-0.15, -0.1) is 0 Å². The van der Waals surface area contributed by atoms with E-state index in [2.05, 4.69) is 43.4 Å². The maximum absolute atomic E-state index is 10.7. The van der Waals surface area contributed by atoms with Crippen LogP contribution in [0.5, 0.6) is 5.75 Å². The number of aliphatic hydroxyl groups is 1. The lowest BCUT2D eigenvalue weighted by atomic mass is 9.88. The summed E-state index contributed by atoms with van der Waals surface area (Å²) in [4.78, 5) is 10.7. The summed E-state index contributed by atoms with van der Waals surface area (Å²) in [5, 5.41) is 23.0. The Labute approximate surface area is 199 Å². The van der Waals surface area contributed by atoms with E-state index in [0.29, 0.717) is 23.8 Å². The molecular weight excluding hydrogens is 449 g/mol. The molecule has 0 heterocycles. The Morgan fingerprint density at radius 1 is 1.19 bits per heavy atom. The molecule has 0 aliphatic heterocycles. The Bertz CT molecular complexity index is 965. The average Bonchev–Trinajstić information content (AvgIpc) is 3.14. The average molecular weight is 478 g/mol. The first-order chi connectivity index (χ1) is 15.1. The Balaban J connectivity index is 1.47. The molecule has 1 aliphatic rings. The minimum Gasteiger partial charge on any atom is -0.489 e. The van der Waals surface area contributed by atoms with Gasteiger partial charge in [-0.3, -0.25) is 0 Å². The Morgan fingerprint density at radius 2 is 1.84 bits per heavy atom. The normalized spacial score (nSPS) is 15.2. The minimum absolute atomic E-state index is 0.0539. The highest BCUT2D eigenvalue weighted by Gasteiger charge is 2.28. The van der Waals surface area contributed by atoms with Crippen LogP contribution in [-0.4, -0.2) is 41.0 Å². The highest BCUT2D eigenvalue weighted by Crippen LogP contribution is 2.35. The Morgan fingerprint density at radius 3 is 2.47 bits per heavy atom. The molecule has 0 fully saturated rings. The summed E-state index contributed by atoms with van der Waals surface area (Å²) in [6.07, 6.45) is 4.84. The van der Waals surface area contributed by atoms with Crippen LogP contribution in [0, 0.1) is 5.92 Å². The molecule has 0 saturated heterocycles. The van der Waals surface area contributed by atoms with Gasteiger partial charge in [-0.1, -0.05) is 47.5 Å². The van der Waals surface area contributed by atoms with Gasteiger partial charge in [0.1, 0.15) is 23.5 Å². The molecule has 0 unspecified atom stereocenters. The molecule has 32 heavy (non-hydrogen) atoms. The Kier molecular flexibility index (Phi) is 8.23. The molecule has 0 spiro atoms. The standard InChI is InChI=1S/C25H29Cl2NO4/c1-25(2,13-16-11-18-5-3-4-6-19(18)12-16)28-14-20(29)15-32-21-9-7-17(8-10-22(30)31)23(26)24(21)27/h3-10,16,20,28-29H,11-15H2,1-2H3,(H,30,31)/t20-/m1/s1. The number of ether oxygens (including phenoxy) is 1. The number of nitrogens with one attached hydrogen (secondary N) is 1. The first kappa shape index (κ1) is 24.6. The van der Waals surface area contributed by atoms with Crippen LogP contribution >= 0.6 is 23.2 Å². The Hall–Kier alpha value is -2.05. The number of carboxylic acid groups (broad SMARTS) is 1. The zero-order valence-corrected chi connectivity index (χ0v) is 19.8. The van der Waals surface area contributed by atoms with E-state index in [-0.39, 0.29) is 22.2 Å². The first-order valence-electron chi connectivity index (χ1n) is 10.7. The quantitative estimate of drug-likeness (QED) is 0.419. The van der Waals surface area contributed by atoms with E-state index >= 15 is 0 Å². The van der Waals surface area contributed by atoms with Crippen LogP contribution in [0.3, 0.4) is 0 Å². The highest BCUT2D eigenvalue weighted by atomic mass is 35.5. The SMILES string of the molecule is CC(C)(CC1Cc2ccccc2C1)NC[C@@H](O)COc1ccc(C=CC(=O)O)c(Cl)c1Cl. The molecule has 1 atom stereocenters. The van der Waals surface area contributed by atoms with E-state index in [1.54, 1.807) is 12.1 Å². The number of carboxylic acids is 1. The highest BCUT2D eigenvalue weighted by molar-refractivity contribution is 6.43. The van der Waals surface area contributed by atoms with Crippen molar-refractivity contribution < 1.29 is 19.7 Å². The lowest BCUT2D eigenvalue weighted by Gasteiger charge is -2.30. The first-order valence-corrected chi connectivity index (χ1v) is 11.4. The summed E-state index contributed by atoms with van der Waals surface area (Å²) >= 11 is 12.4. The predicted octanol–water partition coefficient (Wildman–Crippen LogP) is 5.00. The summed E-state index contributed by atoms with van der Waals surface area (Å²) in [5.41, 5.74) is 3.25. The molecule has 0 amide bonds. The topological polar surface area (TPSA) is 78.8 Å². The number of hydrogen-bond acceptors (Lipinski definition) is 4. The van der Waals surface area contributed by atoms with E-state index in [1.165, 1.54) is 17.2 Å². The smallest absolute Gasteiger partial charge is 0.328 e. The van der Waals surface area contributed by atoms with Crippen molar-refractivity contribution in [3.8, 4) is 5.75 Å². The molecule has 1 aliphatic carbocycles. The van der Waals surface area contributed by atoms with E-state index < -0.39 is 12.1 Å². The van der Waals surface area contributed by atoms with Crippen molar-refractivity contribution in [2.24, 2.45) is 5.92 Å². The maximum atomic E-state index is 10.7. The fourth-order valence-electron chi connectivity index (χ4n) is 4.18. The van der Waals surface area contributed by atoms with Gasteiger partial charge in [-0.25, -0.2) is 4.79 Å². The number of rotatable bonds is 10. The van der Waals surface area contributed by atoms with Crippen LogP contribution in [0.4, 0.5) is 0 Å². The number of carbonyl (C=O) groups is 1. The summed E-state index contributed by atoms with van der Waals surface area (Å²) in [6.45, 7) is 4.75. The molecule has 0 aromatic heterocycles. The van der Waals surface area contributed by atoms with Crippen molar-refractivity contribution in [2.75, 3.05) is 13.2 Å².